The molecular weight excluding hydrogens is 372 g/mol. The number of thioether (sulfide) groups is 1. The lowest BCUT2D eigenvalue weighted by atomic mass is 10.2. The van der Waals surface area contributed by atoms with Crippen molar-refractivity contribution in [2.75, 3.05) is 12.4 Å². The molecule has 0 saturated carbocycles. The summed E-state index contributed by atoms with van der Waals surface area (Å²) in [7, 11) is 1.64. The Morgan fingerprint density at radius 2 is 1.96 bits per heavy atom. The Morgan fingerprint density at radius 3 is 2.61 bits per heavy atom. The first kappa shape index (κ1) is 19.9. The highest BCUT2D eigenvalue weighted by Gasteiger charge is 2.20. The first-order valence-corrected chi connectivity index (χ1v) is 10.0. The summed E-state index contributed by atoms with van der Waals surface area (Å²) in [4.78, 5) is 12.6. The van der Waals surface area contributed by atoms with E-state index in [4.69, 9.17) is 4.74 Å². The third-order valence-electron chi connectivity index (χ3n) is 4.32. The SMILES string of the molecule is CCn1c(S[C@@H](C)C(=O)Nc2cccc(C)c2)nnc1-c1ccc(OC)cc1. The molecule has 1 N–H and O–H groups in total. The smallest absolute Gasteiger partial charge is 0.237 e. The quantitative estimate of drug-likeness (QED) is 0.600. The van der Waals surface area contributed by atoms with Crippen molar-refractivity contribution in [1.82, 2.24) is 14.8 Å². The molecule has 0 aliphatic heterocycles. The molecule has 1 amide bonds. The van der Waals surface area contributed by atoms with Crippen LogP contribution in [0.5, 0.6) is 5.75 Å². The number of nitrogens with one attached hydrogen (secondary N) is 1. The monoisotopic (exact) mass is 396 g/mol. The molecule has 3 aromatic rings. The van der Waals surface area contributed by atoms with Crippen molar-refractivity contribution in [1.29, 1.82) is 0 Å². The lowest BCUT2D eigenvalue weighted by molar-refractivity contribution is -0.115. The summed E-state index contributed by atoms with van der Waals surface area (Å²) in [6.07, 6.45) is 0. The first-order chi connectivity index (χ1) is 13.5. The van der Waals surface area contributed by atoms with Gasteiger partial charge in [-0.05, 0) is 62.7 Å². The Bertz CT molecular complexity index is 953. The minimum Gasteiger partial charge on any atom is -0.497 e. The second-order valence-corrected chi connectivity index (χ2v) is 7.71. The third-order valence-corrected chi connectivity index (χ3v) is 5.40. The summed E-state index contributed by atoms with van der Waals surface area (Å²) in [5.74, 6) is 1.51. The molecule has 6 nitrogen and oxygen atoms in total. The highest BCUT2D eigenvalue weighted by molar-refractivity contribution is 8.00. The predicted octanol–water partition coefficient (Wildman–Crippen LogP) is 4.40. The maximum Gasteiger partial charge on any atom is 0.237 e. The molecule has 146 valence electrons. The number of methoxy groups -OCH3 is 1. The van der Waals surface area contributed by atoms with Crippen LogP contribution in [0.3, 0.4) is 0 Å². The molecule has 0 saturated heterocycles. The first-order valence-electron chi connectivity index (χ1n) is 9.13. The normalized spacial score (nSPS) is 11.9. The van der Waals surface area contributed by atoms with Gasteiger partial charge in [0.25, 0.3) is 0 Å². The number of nitrogens with zero attached hydrogens (tertiary/aromatic N) is 3. The Morgan fingerprint density at radius 1 is 1.21 bits per heavy atom. The van der Waals surface area contributed by atoms with E-state index in [1.54, 1.807) is 7.11 Å². The minimum atomic E-state index is -0.307. The summed E-state index contributed by atoms with van der Waals surface area (Å²) in [6.45, 7) is 6.62. The van der Waals surface area contributed by atoms with Gasteiger partial charge in [0.2, 0.25) is 5.91 Å². The molecular formula is C21H24N4O2S. The van der Waals surface area contributed by atoms with E-state index in [0.29, 0.717) is 6.54 Å². The summed E-state index contributed by atoms with van der Waals surface area (Å²) in [6, 6.07) is 15.5. The second kappa shape index (κ2) is 8.93. The zero-order valence-electron chi connectivity index (χ0n) is 16.5. The highest BCUT2D eigenvalue weighted by Crippen LogP contribution is 2.28. The molecule has 2 aromatic carbocycles. The molecule has 1 heterocycles. The van der Waals surface area contributed by atoms with Gasteiger partial charge >= 0.3 is 0 Å². The van der Waals surface area contributed by atoms with Crippen LogP contribution in [0.2, 0.25) is 0 Å². The molecule has 0 spiro atoms. The molecule has 0 radical (unpaired) electrons. The van der Waals surface area contributed by atoms with Crippen LogP contribution in [-0.2, 0) is 11.3 Å². The van der Waals surface area contributed by atoms with E-state index in [1.165, 1.54) is 11.8 Å². The van der Waals surface area contributed by atoms with Crippen molar-refractivity contribution in [2.45, 2.75) is 37.7 Å². The van der Waals surface area contributed by atoms with E-state index in [2.05, 4.69) is 15.5 Å². The number of aromatic nitrogens is 3. The van der Waals surface area contributed by atoms with Gasteiger partial charge < -0.3 is 14.6 Å². The largest absolute Gasteiger partial charge is 0.497 e. The molecule has 3 rings (SSSR count). The van der Waals surface area contributed by atoms with Gasteiger partial charge in [-0.1, -0.05) is 23.9 Å². The maximum atomic E-state index is 12.6. The standard InChI is InChI=1S/C21H24N4O2S/c1-5-25-19(16-9-11-18(27-4)12-10-16)23-24-21(25)28-15(3)20(26)22-17-8-6-7-14(2)13-17/h6-13,15H,5H2,1-4H3,(H,22,26)/t15-/m0/s1. The van der Waals surface area contributed by atoms with Crippen LogP contribution in [0.1, 0.15) is 19.4 Å². The molecule has 1 aromatic heterocycles. The van der Waals surface area contributed by atoms with Crippen LogP contribution in [0, 0.1) is 6.92 Å². The van der Waals surface area contributed by atoms with E-state index in [0.717, 1.165) is 33.5 Å². The molecule has 28 heavy (non-hydrogen) atoms. The lowest BCUT2D eigenvalue weighted by Gasteiger charge is -2.13. The van der Waals surface area contributed by atoms with E-state index in [1.807, 2.05) is 73.9 Å². The van der Waals surface area contributed by atoms with Crippen LogP contribution >= 0.6 is 11.8 Å². The third kappa shape index (κ3) is 4.54. The van der Waals surface area contributed by atoms with E-state index in [-0.39, 0.29) is 11.2 Å². The summed E-state index contributed by atoms with van der Waals surface area (Å²) < 4.78 is 7.23. The van der Waals surface area contributed by atoms with E-state index >= 15 is 0 Å². The molecule has 0 aliphatic rings. The number of benzene rings is 2. The number of carbonyl (C=O) groups excluding carboxylic acids is 1. The van der Waals surface area contributed by atoms with Gasteiger partial charge in [0.15, 0.2) is 11.0 Å². The van der Waals surface area contributed by atoms with Gasteiger partial charge in [-0.3, -0.25) is 4.79 Å². The summed E-state index contributed by atoms with van der Waals surface area (Å²) in [5, 5.41) is 12.0. The number of carbonyl (C=O) groups is 1. The fourth-order valence-corrected chi connectivity index (χ4v) is 3.71. The van der Waals surface area contributed by atoms with Crippen molar-refractivity contribution in [2.24, 2.45) is 0 Å². The lowest BCUT2D eigenvalue weighted by Crippen LogP contribution is -2.23. The van der Waals surface area contributed by atoms with Gasteiger partial charge in [-0.25, -0.2) is 0 Å². The van der Waals surface area contributed by atoms with Crippen LogP contribution in [-0.4, -0.2) is 33.0 Å². The van der Waals surface area contributed by atoms with Gasteiger partial charge in [-0.15, -0.1) is 10.2 Å². The fourth-order valence-electron chi connectivity index (χ4n) is 2.79. The Labute approximate surface area is 169 Å². The summed E-state index contributed by atoms with van der Waals surface area (Å²) >= 11 is 1.40. The predicted molar refractivity (Wildman–Crippen MR) is 113 cm³/mol. The van der Waals surface area contributed by atoms with Crippen molar-refractivity contribution in [3.8, 4) is 17.1 Å². The molecule has 0 unspecified atom stereocenters. The maximum absolute atomic E-state index is 12.6. The van der Waals surface area contributed by atoms with Crippen LogP contribution in [0.4, 0.5) is 5.69 Å². The number of hydrogen-bond acceptors (Lipinski definition) is 5. The molecule has 0 fully saturated rings. The molecule has 1 atom stereocenters. The number of rotatable bonds is 7. The van der Waals surface area contributed by atoms with Crippen LogP contribution in [0.15, 0.2) is 53.7 Å². The molecule has 7 heteroatoms. The van der Waals surface area contributed by atoms with Crippen molar-refractivity contribution < 1.29 is 9.53 Å². The van der Waals surface area contributed by atoms with Crippen molar-refractivity contribution in [3.63, 3.8) is 0 Å². The topological polar surface area (TPSA) is 69.0 Å². The zero-order valence-corrected chi connectivity index (χ0v) is 17.3. The van der Waals surface area contributed by atoms with Crippen LogP contribution in [0.25, 0.3) is 11.4 Å². The molecule has 0 aliphatic carbocycles. The number of hydrogen-bond donors (Lipinski definition) is 1. The average molecular weight is 397 g/mol. The second-order valence-electron chi connectivity index (χ2n) is 6.40. The van der Waals surface area contributed by atoms with Crippen LogP contribution < -0.4 is 10.1 Å². The number of aryl methyl sites for hydroxylation is 1. The minimum absolute atomic E-state index is 0.0627. The fraction of sp³-hybridized carbons (Fsp3) is 0.286. The van der Waals surface area contributed by atoms with Gasteiger partial charge in [0.05, 0.1) is 12.4 Å². The highest BCUT2D eigenvalue weighted by atomic mass is 32.2. The number of anilines is 1. The van der Waals surface area contributed by atoms with Gasteiger partial charge in [-0.2, -0.15) is 0 Å². The zero-order chi connectivity index (χ0) is 20.1. The molecule has 0 bridgehead atoms. The Balaban J connectivity index is 1.74. The number of ether oxygens (including phenoxy) is 1. The number of amides is 1. The summed E-state index contributed by atoms with van der Waals surface area (Å²) in [5.41, 5.74) is 2.86. The van der Waals surface area contributed by atoms with Crippen molar-refractivity contribution >= 4 is 23.4 Å². The van der Waals surface area contributed by atoms with Gasteiger partial charge in [0, 0.05) is 17.8 Å². The van der Waals surface area contributed by atoms with E-state index in [9.17, 15) is 4.79 Å². The Hall–Kier alpha value is -2.80. The van der Waals surface area contributed by atoms with Crippen molar-refractivity contribution in [3.05, 3.63) is 54.1 Å². The van der Waals surface area contributed by atoms with E-state index < -0.39 is 0 Å². The average Bonchev–Trinajstić information content (AvgIpc) is 3.10. The van der Waals surface area contributed by atoms with Gasteiger partial charge in [0.1, 0.15) is 5.75 Å². The Kier molecular flexibility index (Phi) is 6.36.